The van der Waals surface area contributed by atoms with Crippen molar-refractivity contribution >= 4 is 39.8 Å². The van der Waals surface area contributed by atoms with Gasteiger partial charge in [0.05, 0.1) is 18.2 Å². The number of carbonyl (C=O) groups is 2. The van der Waals surface area contributed by atoms with Crippen LogP contribution in [0.15, 0.2) is 59.6 Å². The third-order valence-corrected chi connectivity index (χ3v) is 6.46. The number of ether oxygens (including phenoxy) is 1. The normalized spacial score (nSPS) is 14.2. The Morgan fingerprint density at radius 1 is 1.18 bits per heavy atom. The van der Waals surface area contributed by atoms with Crippen molar-refractivity contribution < 1.29 is 14.3 Å². The van der Waals surface area contributed by atoms with Crippen molar-refractivity contribution in [3.63, 3.8) is 0 Å². The van der Waals surface area contributed by atoms with E-state index < -0.39 is 5.97 Å². The zero-order valence-electron chi connectivity index (χ0n) is 15.6. The van der Waals surface area contributed by atoms with E-state index in [9.17, 15) is 9.59 Å². The quantitative estimate of drug-likeness (QED) is 0.692. The van der Waals surface area contributed by atoms with Crippen molar-refractivity contribution in [1.82, 2.24) is 5.32 Å². The second kappa shape index (κ2) is 10.3. The molecule has 146 valence electrons. The second-order valence-electron chi connectivity index (χ2n) is 6.22. The molecule has 1 aliphatic heterocycles. The van der Waals surface area contributed by atoms with Crippen molar-refractivity contribution in [3.8, 4) is 0 Å². The van der Waals surface area contributed by atoms with Gasteiger partial charge >= 0.3 is 5.97 Å². The number of thioether (sulfide) groups is 2. The predicted octanol–water partition coefficient (Wildman–Crippen LogP) is 4.06. The smallest absolute Gasteiger partial charge is 0.338 e. The Morgan fingerprint density at radius 3 is 2.68 bits per heavy atom. The predicted molar refractivity (Wildman–Crippen MR) is 116 cm³/mol. The van der Waals surface area contributed by atoms with Crippen molar-refractivity contribution in [1.29, 1.82) is 0 Å². The Balaban J connectivity index is 1.52. The molecule has 1 aliphatic rings. The summed E-state index contributed by atoms with van der Waals surface area (Å²) in [6, 6.07) is 16.8. The number of amides is 1. The first-order valence-electron chi connectivity index (χ1n) is 9.03. The van der Waals surface area contributed by atoms with Crippen molar-refractivity contribution in [2.75, 3.05) is 18.9 Å². The fraction of sp³-hybridized carbons (Fsp3) is 0.286. The van der Waals surface area contributed by atoms with Gasteiger partial charge in [0.2, 0.25) is 0 Å². The van der Waals surface area contributed by atoms with Crippen LogP contribution in [0.3, 0.4) is 0 Å². The second-order valence-corrected chi connectivity index (χ2v) is 8.52. The summed E-state index contributed by atoms with van der Waals surface area (Å²) in [5, 5.41) is 2.84. The van der Waals surface area contributed by atoms with Crippen LogP contribution in [-0.2, 0) is 15.3 Å². The number of hydrogen-bond donors (Lipinski definition) is 1. The van der Waals surface area contributed by atoms with Gasteiger partial charge in [-0.05, 0) is 24.1 Å². The molecule has 0 fully saturated rings. The minimum absolute atomic E-state index is 0.152. The summed E-state index contributed by atoms with van der Waals surface area (Å²) in [6.07, 6.45) is 0. The molecule has 1 amide bonds. The van der Waals surface area contributed by atoms with E-state index in [-0.39, 0.29) is 18.6 Å². The Labute approximate surface area is 173 Å². The molecule has 3 rings (SSSR count). The average molecular weight is 415 g/mol. The van der Waals surface area contributed by atoms with Gasteiger partial charge in [0.1, 0.15) is 4.38 Å². The zero-order chi connectivity index (χ0) is 19.8. The highest BCUT2D eigenvalue weighted by molar-refractivity contribution is 8.38. The van der Waals surface area contributed by atoms with Gasteiger partial charge in [0.25, 0.3) is 5.91 Å². The fourth-order valence-electron chi connectivity index (χ4n) is 2.70. The lowest BCUT2D eigenvalue weighted by molar-refractivity contribution is -0.124. The van der Waals surface area contributed by atoms with Crippen LogP contribution >= 0.6 is 23.5 Å². The van der Waals surface area contributed by atoms with E-state index in [1.807, 2.05) is 49.4 Å². The van der Waals surface area contributed by atoms with Gasteiger partial charge in [-0.25, -0.2) is 4.79 Å². The van der Waals surface area contributed by atoms with Crippen molar-refractivity contribution in [2.45, 2.75) is 18.7 Å². The summed E-state index contributed by atoms with van der Waals surface area (Å²) >= 11 is 3.36. The summed E-state index contributed by atoms with van der Waals surface area (Å²) in [6.45, 7) is 2.44. The van der Waals surface area contributed by atoms with Crippen LogP contribution in [0.25, 0.3) is 0 Å². The average Bonchev–Trinajstić information content (AvgIpc) is 3.25. The maximum absolute atomic E-state index is 12.5. The molecule has 0 aliphatic carbocycles. The molecule has 1 heterocycles. The molecule has 0 unspecified atom stereocenters. The monoisotopic (exact) mass is 414 g/mol. The molecular weight excluding hydrogens is 392 g/mol. The number of rotatable bonds is 7. The Morgan fingerprint density at radius 2 is 1.93 bits per heavy atom. The molecular formula is C21H22N2O3S2. The summed E-state index contributed by atoms with van der Waals surface area (Å²) in [5.41, 5.74) is 2.37. The summed E-state index contributed by atoms with van der Waals surface area (Å²) in [5.74, 6) is 0.852. The zero-order valence-corrected chi connectivity index (χ0v) is 17.2. The van der Waals surface area contributed by atoms with Crippen molar-refractivity contribution in [2.24, 2.45) is 4.99 Å². The van der Waals surface area contributed by atoms with Gasteiger partial charge in [-0.15, -0.1) is 0 Å². The third-order valence-electron chi connectivity index (χ3n) is 4.16. The van der Waals surface area contributed by atoms with Crippen molar-refractivity contribution in [3.05, 3.63) is 71.3 Å². The highest BCUT2D eigenvalue weighted by atomic mass is 32.2. The minimum Gasteiger partial charge on any atom is -0.452 e. The SMILES string of the molecule is C[C@H](NC(=O)COC(=O)c1ccccc1CSC1=NCCS1)c1ccccc1. The molecule has 0 saturated heterocycles. The van der Waals surface area contributed by atoms with Crippen LogP contribution in [0.4, 0.5) is 0 Å². The van der Waals surface area contributed by atoms with Crippen LogP contribution in [-0.4, -0.2) is 35.2 Å². The highest BCUT2D eigenvalue weighted by Crippen LogP contribution is 2.26. The lowest BCUT2D eigenvalue weighted by Crippen LogP contribution is -2.31. The van der Waals surface area contributed by atoms with Gasteiger partial charge in [-0.3, -0.25) is 9.79 Å². The number of aliphatic imine (C=N–C) groups is 1. The number of esters is 1. The van der Waals surface area contributed by atoms with E-state index in [2.05, 4.69) is 10.3 Å². The van der Waals surface area contributed by atoms with Crippen LogP contribution in [0.2, 0.25) is 0 Å². The molecule has 28 heavy (non-hydrogen) atoms. The van der Waals surface area contributed by atoms with E-state index in [0.717, 1.165) is 27.8 Å². The van der Waals surface area contributed by atoms with Crippen LogP contribution in [0.1, 0.15) is 34.5 Å². The molecule has 2 aromatic rings. The Kier molecular flexibility index (Phi) is 7.56. The van der Waals surface area contributed by atoms with Gasteiger partial charge in [-0.2, -0.15) is 0 Å². The van der Waals surface area contributed by atoms with Gasteiger partial charge < -0.3 is 10.1 Å². The number of benzene rings is 2. The highest BCUT2D eigenvalue weighted by Gasteiger charge is 2.17. The molecule has 0 bridgehead atoms. The van der Waals surface area contributed by atoms with E-state index >= 15 is 0 Å². The van der Waals surface area contributed by atoms with Gasteiger partial charge in [0.15, 0.2) is 6.61 Å². The summed E-state index contributed by atoms with van der Waals surface area (Å²) in [4.78, 5) is 29.0. The first-order valence-corrected chi connectivity index (χ1v) is 11.0. The van der Waals surface area contributed by atoms with E-state index in [0.29, 0.717) is 11.3 Å². The molecule has 0 aromatic heterocycles. The third kappa shape index (κ3) is 5.87. The molecule has 1 N–H and O–H groups in total. The summed E-state index contributed by atoms with van der Waals surface area (Å²) in [7, 11) is 0. The first kappa shape index (κ1) is 20.5. The van der Waals surface area contributed by atoms with Crippen LogP contribution < -0.4 is 5.32 Å². The maximum Gasteiger partial charge on any atom is 0.338 e. The molecule has 0 saturated carbocycles. The van der Waals surface area contributed by atoms with E-state index in [1.165, 1.54) is 0 Å². The Bertz CT molecular complexity index is 856. The molecule has 0 radical (unpaired) electrons. The number of hydrogen-bond acceptors (Lipinski definition) is 6. The van der Waals surface area contributed by atoms with Crippen LogP contribution in [0, 0.1) is 0 Å². The molecule has 2 aromatic carbocycles. The number of nitrogens with one attached hydrogen (secondary N) is 1. The van der Waals surface area contributed by atoms with E-state index in [1.54, 1.807) is 35.7 Å². The standard InChI is InChI=1S/C21H22N2O3S2/c1-15(16-7-3-2-4-8-16)23-19(24)13-26-20(25)18-10-6-5-9-17(18)14-28-21-22-11-12-27-21/h2-10,15H,11-14H2,1H3,(H,23,24)/t15-/m0/s1. The Hall–Kier alpha value is -2.25. The first-order chi connectivity index (χ1) is 13.6. The molecule has 5 nitrogen and oxygen atoms in total. The lowest BCUT2D eigenvalue weighted by atomic mass is 10.1. The van der Waals surface area contributed by atoms with E-state index in [4.69, 9.17) is 4.74 Å². The fourth-order valence-corrected chi connectivity index (χ4v) is 4.72. The molecule has 0 spiro atoms. The lowest BCUT2D eigenvalue weighted by Gasteiger charge is -2.14. The van der Waals surface area contributed by atoms with Gasteiger partial charge in [-0.1, -0.05) is 72.1 Å². The molecule has 1 atom stereocenters. The molecule has 7 heteroatoms. The van der Waals surface area contributed by atoms with Gasteiger partial charge in [0, 0.05) is 11.5 Å². The van der Waals surface area contributed by atoms with Crippen LogP contribution in [0.5, 0.6) is 0 Å². The number of carbonyl (C=O) groups excluding carboxylic acids is 2. The topological polar surface area (TPSA) is 67.8 Å². The minimum atomic E-state index is -0.486. The number of nitrogens with zero attached hydrogens (tertiary/aromatic N) is 1. The largest absolute Gasteiger partial charge is 0.452 e. The maximum atomic E-state index is 12.5. The summed E-state index contributed by atoms with van der Waals surface area (Å²) < 4.78 is 6.30.